The van der Waals surface area contributed by atoms with Crippen molar-refractivity contribution >= 4 is 28.6 Å². The van der Waals surface area contributed by atoms with Crippen molar-refractivity contribution < 1.29 is 23.7 Å². The highest BCUT2D eigenvalue weighted by atomic mass is 16.5. The lowest BCUT2D eigenvalue weighted by atomic mass is 9.93. The molecular weight excluding hydrogens is 526 g/mol. The number of morpholine rings is 2. The molecule has 1 saturated carbocycles. The summed E-state index contributed by atoms with van der Waals surface area (Å²) in [6.45, 7) is 7.34. The number of anilines is 2. The fraction of sp³-hybridized carbons (Fsp3) is 0.552. The van der Waals surface area contributed by atoms with E-state index in [9.17, 15) is 4.79 Å². The van der Waals surface area contributed by atoms with Crippen molar-refractivity contribution in [2.24, 2.45) is 0 Å². The summed E-state index contributed by atoms with van der Waals surface area (Å²) in [4.78, 5) is 34.6. The van der Waals surface area contributed by atoms with Crippen LogP contribution in [0, 0.1) is 6.92 Å². The van der Waals surface area contributed by atoms with Gasteiger partial charge in [-0.2, -0.15) is 4.98 Å². The molecular formula is C29H37N7O5. The van der Waals surface area contributed by atoms with Gasteiger partial charge in [-0.15, -0.1) is 0 Å². The number of aryl methyl sites for hydroxylation is 1. The minimum Gasteiger partial charge on any atom is -0.481 e. The monoisotopic (exact) mass is 563 g/mol. The van der Waals surface area contributed by atoms with Crippen molar-refractivity contribution in [3.63, 3.8) is 0 Å². The number of ether oxygens (including phenoxy) is 4. The van der Waals surface area contributed by atoms with Gasteiger partial charge in [0, 0.05) is 44.5 Å². The van der Waals surface area contributed by atoms with Crippen LogP contribution in [0.5, 0.6) is 11.6 Å². The highest BCUT2D eigenvalue weighted by molar-refractivity contribution is 5.86. The third-order valence-corrected chi connectivity index (χ3v) is 7.74. The van der Waals surface area contributed by atoms with E-state index in [1.54, 1.807) is 17.3 Å². The number of rotatable bonds is 8. The third-order valence-electron chi connectivity index (χ3n) is 7.74. The van der Waals surface area contributed by atoms with Crippen LogP contribution in [0.4, 0.5) is 11.8 Å². The van der Waals surface area contributed by atoms with Crippen LogP contribution >= 0.6 is 0 Å². The summed E-state index contributed by atoms with van der Waals surface area (Å²) in [6, 6.07) is 4.40. The molecule has 0 aromatic carbocycles. The highest BCUT2D eigenvalue weighted by Crippen LogP contribution is 2.32. The number of pyridine rings is 2. The van der Waals surface area contributed by atoms with Gasteiger partial charge in [-0.3, -0.25) is 9.78 Å². The molecule has 3 fully saturated rings. The fourth-order valence-corrected chi connectivity index (χ4v) is 5.41. The zero-order chi connectivity index (χ0) is 28.0. The Hall–Kier alpha value is -3.77. The average Bonchev–Trinajstić information content (AvgIpc) is 3.02. The van der Waals surface area contributed by atoms with E-state index < -0.39 is 0 Å². The quantitative estimate of drug-likeness (QED) is 0.435. The molecule has 41 heavy (non-hydrogen) atoms. The van der Waals surface area contributed by atoms with E-state index in [0.29, 0.717) is 57.1 Å². The number of nitrogens with zero attached hydrogens (tertiary/aromatic N) is 6. The van der Waals surface area contributed by atoms with E-state index in [-0.39, 0.29) is 24.7 Å². The molecule has 0 bridgehead atoms. The number of carbonyl (C=O) groups excluding carboxylic acids is 1. The molecule has 1 amide bonds. The van der Waals surface area contributed by atoms with Gasteiger partial charge in [-0.1, -0.05) is 0 Å². The molecule has 5 heterocycles. The minimum absolute atomic E-state index is 0.0325. The summed E-state index contributed by atoms with van der Waals surface area (Å²) in [7, 11) is 0. The largest absolute Gasteiger partial charge is 0.481 e. The Bertz CT molecular complexity index is 1320. The molecule has 2 aliphatic heterocycles. The van der Waals surface area contributed by atoms with Gasteiger partial charge < -0.3 is 34.1 Å². The number of hydrogen-bond acceptors (Lipinski definition) is 11. The molecule has 1 aliphatic carbocycles. The van der Waals surface area contributed by atoms with Crippen molar-refractivity contribution in [1.29, 1.82) is 0 Å². The highest BCUT2D eigenvalue weighted by Gasteiger charge is 2.25. The van der Waals surface area contributed by atoms with Gasteiger partial charge in [0.25, 0.3) is 5.91 Å². The summed E-state index contributed by atoms with van der Waals surface area (Å²) >= 11 is 0. The van der Waals surface area contributed by atoms with Gasteiger partial charge in [0.05, 0.1) is 49.7 Å². The molecule has 1 N–H and O–H groups in total. The van der Waals surface area contributed by atoms with E-state index in [4.69, 9.17) is 23.9 Å². The second-order valence-electron chi connectivity index (χ2n) is 10.7. The predicted molar refractivity (Wildman–Crippen MR) is 153 cm³/mol. The number of aromatic nitrogens is 4. The van der Waals surface area contributed by atoms with Crippen LogP contribution in [0.25, 0.3) is 10.9 Å². The Balaban J connectivity index is 1.02. The van der Waals surface area contributed by atoms with Crippen molar-refractivity contribution in [2.75, 3.05) is 69.4 Å². The van der Waals surface area contributed by atoms with Gasteiger partial charge in [0.2, 0.25) is 11.8 Å². The van der Waals surface area contributed by atoms with Crippen LogP contribution in [0.3, 0.4) is 0 Å². The maximum Gasteiger partial charge on any atom is 0.260 e. The van der Waals surface area contributed by atoms with Crippen LogP contribution in [0.1, 0.15) is 31.2 Å². The van der Waals surface area contributed by atoms with Crippen molar-refractivity contribution in [1.82, 2.24) is 24.8 Å². The molecule has 0 spiro atoms. The van der Waals surface area contributed by atoms with Crippen LogP contribution in [0.2, 0.25) is 0 Å². The number of carbonyl (C=O) groups is 1. The van der Waals surface area contributed by atoms with Crippen LogP contribution < -0.4 is 19.7 Å². The molecule has 3 aliphatic rings. The van der Waals surface area contributed by atoms with Crippen molar-refractivity contribution in [3.8, 4) is 11.6 Å². The number of amides is 1. The predicted octanol–water partition coefficient (Wildman–Crippen LogP) is 2.60. The Morgan fingerprint density at radius 3 is 2.39 bits per heavy atom. The molecule has 0 unspecified atom stereocenters. The lowest BCUT2D eigenvalue weighted by molar-refractivity contribution is -0.137. The Labute approximate surface area is 239 Å². The molecule has 0 radical (unpaired) electrons. The van der Waals surface area contributed by atoms with Gasteiger partial charge in [-0.25, -0.2) is 9.97 Å². The van der Waals surface area contributed by atoms with E-state index in [0.717, 1.165) is 61.1 Å². The number of hydrogen-bond donors (Lipinski definition) is 1. The number of fused-ring (bicyclic) bond motifs is 1. The Morgan fingerprint density at radius 1 is 0.951 bits per heavy atom. The zero-order valence-corrected chi connectivity index (χ0v) is 23.5. The maximum absolute atomic E-state index is 12.3. The first-order chi connectivity index (χ1) is 20.1. The minimum atomic E-state index is -0.0584. The van der Waals surface area contributed by atoms with Crippen molar-refractivity contribution in [3.05, 3.63) is 36.3 Å². The topological polar surface area (TPSA) is 124 Å². The molecule has 3 aromatic rings. The van der Waals surface area contributed by atoms with Crippen LogP contribution in [-0.2, 0) is 14.3 Å². The van der Waals surface area contributed by atoms with Gasteiger partial charge in [0.1, 0.15) is 11.9 Å². The molecule has 218 valence electrons. The summed E-state index contributed by atoms with van der Waals surface area (Å²) in [5.74, 6) is 2.50. The smallest absolute Gasteiger partial charge is 0.260 e. The third kappa shape index (κ3) is 6.94. The fourth-order valence-electron chi connectivity index (χ4n) is 5.41. The second-order valence-corrected chi connectivity index (χ2v) is 10.7. The summed E-state index contributed by atoms with van der Waals surface area (Å²) in [5, 5.41) is 4.38. The Kier molecular flexibility index (Phi) is 8.57. The first kappa shape index (κ1) is 27.4. The van der Waals surface area contributed by atoms with Crippen molar-refractivity contribution in [2.45, 2.75) is 44.8 Å². The summed E-state index contributed by atoms with van der Waals surface area (Å²) in [6.07, 6.45) is 8.81. The molecule has 0 atom stereocenters. The normalized spacial score (nSPS) is 21.5. The molecule has 3 aromatic heterocycles. The van der Waals surface area contributed by atoms with Gasteiger partial charge in [-0.05, 0) is 44.2 Å². The molecule has 12 nitrogen and oxygen atoms in total. The van der Waals surface area contributed by atoms with Crippen LogP contribution in [0.15, 0.2) is 30.7 Å². The summed E-state index contributed by atoms with van der Waals surface area (Å²) in [5.41, 5.74) is 1.98. The van der Waals surface area contributed by atoms with Gasteiger partial charge in [0.15, 0.2) is 12.4 Å². The first-order valence-corrected chi connectivity index (χ1v) is 14.4. The maximum atomic E-state index is 12.3. The van der Waals surface area contributed by atoms with E-state index in [1.165, 1.54) is 0 Å². The van der Waals surface area contributed by atoms with Crippen LogP contribution in [-0.4, -0.2) is 102 Å². The summed E-state index contributed by atoms with van der Waals surface area (Å²) < 4.78 is 22.9. The molecule has 12 heteroatoms. The van der Waals surface area contributed by atoms with E-state index >= 15 is 0 Å². The first-order valence-electron chi connectivity index (χ1n) is 14.4. The van der Waals surface area contributed by atoms with E-state index in [1.807, 2.05) is 19.2 Å². The van der Waals surface area contributed by atoms with Gasteiger partial charge >= 0.3 is 0 Å². The standard InChI is InChI=1S/C29H37N7O5/c1-20-14-24-25(30-16-20)15-26(35-6-10-38-11-7-35)34-28(24)41-22-4-2-21(3-5-22)33-29-31-17-23(18-32-29)40-19-27(37)36-8-12-39-13-9-36/h14-18,21-22H,2-13,19H2,1H3,(H,31,32,33). The Morgan fingerprint density at radius 2 is 1.66 bits per heavy atom. The lowest BCUT2D eigenvalue weighted by Crippen LogP contribution is -2.43. The average molecular weight is 564 g/mol. The lowest BCUT2D eigenvalue weighted by Gasteiger charge is -2.31. The molecule has 2 saturated heterocycles. The van der Waals surface area contributed by atoms with E-state index in [2.05, 4.69) is 31.2 Å². The zero-order valence-electron chi connectivity index (χ0n) is 23.5. The SMILES string of the molecule is Cc1cnc2cc(N3CCOCC3)nc(OC3CCC(Nc4ncc(OCC(=O)N5CCOCC5)cn4)CC3)c2c1. The molecule has 6 rings (SSSR count). The number of nitrogens with one attached hydrogen (secondary N) is 1. The second kappa shape index (κ2) is 12.8.